The number of nitrogens with one attached hydrogen (secondary N) is 1. The number of carbonyl (C=O) groups is 2. The Hall–Kier alpha value is -3.20. The number of methoxy groups -OCH3 is 1. The van der Waals surface area contributed by atoms with Crippen molar-refractivity contribution in [2.45, 2.75) is 13.5 Å². The van der Waals surface area contributed by atoms with Gasteiger partial charge < -0.3 is 19.5 Å². The lowest BCUT2D eigenvalue weighted by atomic mass is 10.3. The van der Waals surface area contributed by atoms with Gasteiger partial charge in [0.25, 0.3) is 11.5 Å². The maximum Gasteiger partial charge on any atom is 0.344 e. The second kappa shape index (κ2) is 10.1. The van der Waals surface area contributed by atoms with Gasteiger partial charge in [0.2, 0.25) is 0 Å². The summed E-state index contributed by atoms with van der Waals surface area (Å²) in [5, 5.41) is 6.70. The molecule has 1 aromatic carbocycles. The lowest BCUT2D eigenvalue weighted by molar-refractivity contribution is -0.145. The van der Waals surface area contributed by atoms with Crippen LogP contribution >= 0.6 is 0 Å². The third-order valence-corrected chi connectivity index (χ3v) is 3.36. The Morgan fingerprint density at radius 1 is 1.22 bits per heavy atom. The highest BCUT2D eigenvalue weighted by Crippen LogP contribution is 2.18. The number of amides is 1. The standard InChI is InChI=1S/C18H21N3O6/c1-3-26-17(23)12-27-14-6-4-5-13(11-14)19-18(24)15-7-8-16(22)21(20-15)9-10-25-2/h4-8,11H,3,9-10,12H2,1-2H3,(H,19,24). The number of hydrogen-bond donors (Lipinski definition) is 1. The van der Waals surface area contributed by atoms with Crippen LogP contribution in [0, 0.1) is 0 Å². The molecule has 9 heteroatoms. The molecular formula is C18H21N3O6. The average Bonchev–Trinajstić information content (AvgIpc) is 2.66. The molecule has 0 aliphatic carbocycles. The van der Waals surface area contributed by atoms with Crippen LogP contribution in [0.25, 0.3) is 0 Å². The molecule has 2 aromatic rings. The number of benzene rings is 1. The molecule has 0 aliphatic heterocycles. The van der Waals surface area contributed by atoms with Crippen LogP contribution in [0.1, 0.15) is 17.4 Å². The fraction of sp³-hybridized carbons (Fsp3) is 0.333. The van der Waals surface area contributed by atoms with Gasteiger partial charge in [0.15, 0.2) is 6.61 Å². The van der Waals surface area contributed by atoms with Gasteiger partial charge in [0.1, 0.15) is 11.4 Å². The minimum Gasteiger partial charge on any atom is -0.482 e. The molecular weight excluding hydrogens is 354 g/mol. The molecule has 0 spiro atoms. The largest absolute Gasteiger partial charge is 0.482 e. The summed E-state index contributed by atoms with van der Waals surface area (Å²) in [7, 11) is 1.51. The van der Waals surface area contributed by atoms with Crippen LogP contribution in [-0.2, 0) is 20.8 Å². The monoisotopic (exact) mass is 375 g/mol. The number of hydrogen-bond acceptors (Lipinski definition) is 7. The maximum absolute atomic E-state index is 12.4. The molecule has 0 unspecified atom stereocenters. The van der Waals surface area contributed by atoms with E-state index in [4.69, 9.17) is 14.2 Å². The van der Waals surface area contributed by atoms with Crippen molar-refractivity contribution >= 4 is 17.6 Å². The van der Waals surface area contributed by atoms with E-state index in [9.17, 15) is 14.4 Å². The van der Waals surface area contributed by atoms with E-state index in [2.05, 4.69) is 10.4 Å². The zero-order chi connectivity index (χ0) is 19.6. The van der Waals surface area contributed by atoms with E-state index >= 15 is 0 Å². The fourth-order valence-corrected chi connectivity index (χ4v) is 2.11. The summed E-state index contributed by atoms with van der Waals surface area (Å²) in [5.74, 6) is -0.558. The van der Waals surface area contributed by atoms with Crippen LogP contribution in [0.2, 0.25) is 0 Å². The zero-order valence-corrected chi connectivity index (χ0v) is 15.1. The second-order valence-corrected chi connectivity index (χ2v) is 5.35. The Bertz CT molecular complexity index is 849. The minimum absolute atomic E-state index is 0.0866. The van der Waals surface area contributed by atoms with Crippen molar-refractivity contribution in [1.29, 1.82) is 0 Å². The van der Waals surface area contributed by atoms with Crippen molar-refractivity contribution in [1.82, 2.24) is 9.78 Å². The van der Waals surface area contributed by atoms with Gasteiger partial charge in [-0.3, -0.25) is 9.59 Å². The van der Waals surface area contributed by atoms with Crippen LogP contribution in [0.15, 0.2) is 41.2 Å². The van der Waals surface area contributed by atoms with Crippen LogP contribution in [0.5, 0.6) is 5.75 Å². The Kier molecular flexibility index (Phi) is 7.50. The third-order valence-electron chi connectivity index (χ3n) is 3.36. The first-order valence-corrected chi connectivity index (χ1v) is 8.30. The summed E-state index contributed by atoms with van der Waals surface area (Å²) in [5.41, 5.74) is 0.222. The Balaban J connectivity index is 2.04. The zero-order valence-electron chi connectivity index (χ0n) is 15.1. The molecule has 2 rings (SSSR count). The highest BCUT2D eigenvalue weighted by atomic mass is 16.6. The summed E-state index contributed by atoms with van der Waals surface area (Å²) in [6.45, 7) is 2.31. The van der Waals surface area contributed by atoms with Crippen molar-refractivity contribution in [3.8, 4) is 5.75 Å². The van der Waals surface area contributed by atoms with Crippen molar-refractivity contribution in [2.24, 2.45) is 0 Å². The first kappa shape index (κ1) is 20.1. The highest BCUT2D eigenvalue weighted by Gasteiger charge is 2.11. The van der Waals surface area contributed by atoms with Crippen molar-refractivity contribution in [3.63, 3.8) is 0 Å². The van der Waals surface area contributed by atoms with Gasteiger partial charge in [-0.2, -0.15) is 5.10 Å². The van der Waals surface area contributed by atoms with Gasteiger partial charge in [0.05, 0.1) is 19.8 Å². The van der Waals surface area contributed by atoms with Crippen LogP contribution in [0.4, 0.5) is 5.69 Å². The number of anilines is 1. The number of rotatable bonds is 9. The van der Waals surface area contributed by atoms with E-state index in [1.807, 2.05) is 0 Å². The third kappa shape index (κ3) is 6.23. The van der Waals surface area contributed by atoms with E-state index in [1.165, 1.54) is 19.2 Å². The summed E-state index contributed by atoms with van der Waals surface area (Å²) >= 11 is 0. The molecule has 1 N–H and O–H groups in total. The predicted molar refractivity (Wildman–Crippen MR) is 96.9 cm³/mol. The number of esters is 1. The topological polar surface area (TPSA) is 109 Å². The Morgan fingerprint density at radius 3 is 2.78 bits per heavy atom. The number of carbonyl (C=O) groups excluding carboxylic acids is 2. The Labute approximate surface area is 155 Å². The first-order chi connectivity index (χ1) is 13.0. The molecule has 27 heavy (non-hydrogen) atoms. The van der Waals surface area contributed by atoms with E-state index in [0.717, 1.165) is 4.68 Å². The quantitative estimate of drug-likeness (QED) is 0.653. The molecule has 9 nitrogen and oxygen atoms in total. The van der Waals surface area contributed by atoms with Crippen molar-refractivity contribution < 1.29 is 23.8 Å². The molecule has 0 bridgehead atoms. The summed E-state index contributed by atoms with van der Waals surface area (Å²) in [4.78, 5) is 35.5. The molecule has 0 radical (unpaired) electrons. The van der Waals surface area contributed by atoms with Gasteiger partial charge >= 0.3 is 5.97 Å². The van der Waals surface area contributed by atoms with E-state index in [0.29, 0.717) is 18.0 Å². The molecule has 144 valence electrons. The molecule has 0 aliphatic rings. The average molecular weight is 375 g/mol. The van der Waals surface area contributed by atoms with E-state index < -0.39 is 11.9 Å². The number of ether oxygens (including phenoxy) is 3. The van der Waals surface area contributed by atoms with Crippen LogP contribution in [0.3, 0.4) is 0 Å². The minimum atomic E-state index is -0.483. The van der Waals surface area contributed by atoms with Crippen molar-refractivity contribution in [3.05, 3.63) is 52.4 Å². The molecule has 1 aromatic heterocycles. The Morgan fingerprint density at radius 2 is 2.04 bits per heavy atom. The maximum atomic E-state index is 12.4. The van der Waals surface area contributed by atoms with E-state index in [-0.39, 0.29) is 31.0 Å². The molecule has 0 saturated carbocycles. The van der Waals surface area contributed by atoms with Gasteiger partial charge in [-0.05, 0) is 25.1 Å². The van der Waals surface area contributed by atoms with Crippen LogP contribution < -0.4 is 15.6 Å². The van der Waals surface area contributed by atoms with Gasteiger partial charge in [-0.1, -0.05) is 6.07 Å². The first-order valence-electron chi connectivity index (χ1n) is 8.30. The molecule has 0 saturated heterocycles. The highest BCUT2D eigenvalue weighted by molar-refractivity contribution is 6.02. The van der Waals surface area contributed by atoms with E-state index in [1.54, 1.807) is 31.2 Å². The summed E-state index contributed by atoms with van der Waals surface area (Å²) in [6, 6.07) is 9.17. The normalized spacial score (nSPS) is 10.3. The predicted octanol–water partition coefficient (Wildman–Crippen LogP) is 1.08. The lowest BCUT2D eigenvalue weighted by Crippen LogP contribution is -2.27. The SMILES string of the molecule is CCOC(=O)COc1cccc(NC(=O)c2ccc(=O)n(CCOC)n2)c1. The summed E-state index contributed by atoms with van der Waals surface area (Å²) < 4.78 is 16.2. The molecule has 1 heterocycles. The summed E-state index contributed by atoms with van der Waals surface area (Å²) in [6.07, 6.45) is 0. The number of aromatic nitrogens is 2. The number of nitrogens with zero attached hydrogens (tertiary/aromatic N) is 2. The van der Waals surface area contributed by atoms with Gasteiger partial charge in [-0.15, -0.1) is 0 Å². The van der Waals surface area contributed by atoms with Gasteiger partial charge in [-0.25, -0.2) is 9.48 Å². The lowest BCUT2D eigenvalue weighted by Gasteiger charge is -2.09. The van der Waals surface area contributed by atoms with Crippen molar-refractivity contribution in [2.75, 3.05) is 32.2 Å². The smallest absolute Gasteiger partial charge is 0.344 e. The molecule has 1 amide bonds. The van der Waals surface area contributed by atoms with Crippen LogP contribution in [-0.4, -0.2) is 48.6 Å². The second-order valence-electron chi connectivity index (χ2n) is 5.35. The van der Waals surface area contributed by atoms with Gasteiger partial charge in [0, 0.05) is 24.9 Å². The molecule has 0 fully saturated rings. The molecule has 0 atom stereocenters. The fourth-order valence-electron chi connectivity index (χ4n) is 2.11.